The van der Waals surface area contributed by atoms with Gasteiger partial charge in [-0.25, -0.2) is 9.97 Å². The highest BCUT2D eigenvalue weighted by molar-refractivity contribution is 8.00. The van der Waals surface area contributed by atoms with Gasteiger partial charge in [-0.05, 0) is 38.1 Å². The normalized spacial score (nSPS) is 12.4. The summed E-state index contributed by atoms with van der Waals surface area (Å²) in [5, 5.41) is 8.62. The van der Waals surface area contributed by atoms with Gasteiger partial charge in [-0.1, -0.05) is 42.1 Å². The van der Waals surface area contributed by atoms with Crippen LogP contribution >= 0.6 is 11.8 Å². The van der Waals surface area contributed by atoms with E-state index in [2.05, 4.69) is 20.4 Å². The molecule has 0 aliphatic carbocycles. The lowest BCUT2D eigenvalue weighted by Crippen LogP contribution is -2.23. The van der Waals surface area contributed by atoms with Crippen molar-refractivity contribution in [2.75, 3.05) is 5.32 Å². The van der Waals surface area contributed by atoms with Gasteiger partial charge in [-0.15, -0.1) is 5.10 Å². The number of thioether (sulfide) groups is 1. The number of para-hydroxylation sites is 2. The number of rotatable bonds is 4. The van der Waals surface area contributed by atoms with Gasteiger partial charge in [-0.2, -0.15) is 4.52 Å². The third-order valence-electron chi connectivity index (χ3n) is 3.95. The minimum atomic E-state index is -0.337. The number of amides is 1. The van der Waals surface area contributed by atoms with Crippen LogP contribution in [0.4, 0.5) is 5.69 Å². The Hall–Kier alpha value is -2.93. The first kappa shape index (κ1) is 16.5. The minimum absolute atomic E-state index is 0.0823. The smallest absolute Gasteiger partial charge is 0.237 e. The van der Waals surface area contributed by atoms with Gasteiger partial charge in [0.2, 0.25) is 5.91 Å². The minimum Gasteiger partial charge on any atom is -0.325 e. The number of aromatic nitrogens is 4. The summed E-state index contributed by atoms with van der Waals surface area (Å²) in [5.41, 5.74) is 2.37. The van der Waals surface area contributed by atoms with Crippen LogP contribution in [0, 0.1) is 6.92 Å². The first-order chi connectivity index (χ1) is 12.6. The lowest BCUT2D eigenvalue weighted by atomic mass is 10.2. The predicted octanol–water partition coefficient (Wildman–Crippen LogP) is 3.71. The van der Waals surface area contributed by atoms with E-state index in [1.807, 2.05) is 68.4 Å². The van der Waals surface area contributed by atoms with Crippen molar-refractivity contribution >= 4 is 39.9 Å². The van der Waals surface area contributed by atoms with Crippen LogP contribution in [0.5, 0.6) is 0 Å². The Bertz CT molecular complexity index is 1090. The van der Waals surface area contributed by atoms with Gasteiger partial charge >= 0.3 is 0 Å². The molecule has 0 spiro atoms. The van der Waals surface area contributed by atoms with E-state index in [0.29, 0.717) is 11.0 Å². The van der Waals surface area contributed by atoms with Crippen molar-refractivity contribution in [3.05, 3.63) is 60.4 Å². The van der Waals surface area contributed by atoms with Gasteiger partial charge in [0.25, 0.3) is 0 Å². The lowest BCUT2D eigenvalue weighted by molar-refractivity contribution is -0.115. The van der Waals surface area contributed by atoms with Crippen molar-refractivity contribution in [1.29, 1.82) is 0 Å². The maximum atomic E-state index is 12.5. The molecule has 0 fully saturated rings. The van der Waals surface area contributed by atoms with Crippen LogP contribution < -0.4 is 5.32 Å². The van der Waals surface area contributed by atoms with Gasteiger partial charge in [0.1, 0.15) is 5.82 Å². The number of aryl methyl sites for hydroxylation is 1. The molecule has 130 valence electrons. The average molecular weight is 363 g/mol. The Balaban J connectivity index is 1.66. The molecule has 4 aromatic rings. The third-order valence-corrected chi connectivity index (χ3v) is 4.99. The van der Waals surface area contributed by atoms with Crippen molar-refractivity contribution < 1.29 is 4.79 Å². The van der Waals surface area contributed by atoms with Crippen LogP contribution in [0.3, 0.4) is 0 Å². The van der Waals surface area contributed by atoms with Crippen LogP contribution in [-0.2, 0) is 4.79 Å². The number of hydrogen-bond donors (Lipinski definition) is 1. The molecule has 1 atom stereocenters. The van der Waals surface area contributed by atoms with Crippen LogP contribution in [0.2, 0.25) is 0 Å². The molecule has 2 aromatic heterocycles. The lowest BCUT2D eigenvalue weighted by Gasteiger charge is -2.12. The van der Waals surface area contributed by atoms with Crippen LogP contribution in [-0.4, -0.2) is 30.7 Å². The molecule has 0 aliphatic rings. The molecular weight excluding hydrogens is 346 g/mol. The highest BCUT2D eigenvalue weighted by Crippen LogP contribution is 2.27. The van der Waals surface area contributed by atoms with Crippen LogP contribution in [0.15, 0.2) is 59.8 Å². The fourth-order valence-electron chi connectivity index (χ4n) is 2.69. The van der Waals surface area contributed by atoms with Crippen molar-refractivity contribution in [3.63, 3.8) is 0 Å². The van der Waals surface area contributed by atoms with E-state index in [4.69, 9.17) is 0 Å². The molecule has 2 heterocycles. The monoisotopic (exact) mass is 363 g/mol. The number of nitrogens with zero attached hydrogens (tertiary/aromatic N) is 4. The van der Waals surface area contributed by atoms with Crippen molar-refractivity contribution in [1.82, 2.24) is 19.6 Å². The molecule has 1 amide bonds. The summed E-state index contributed by atoms with van der Waals surface area (Å²) in [6, 6.07) is 17.2. The Labute approximate surface area is 154 Å². The molecule has 0 saturated heterocycles. The fraction of sp³-hybridized carbons (Fsp3) is 0.158. The highest BCUT2D eigenvalue weighted by atomic mass is 32.2. The average Bonchev–Trinajstić information content (AvgIpc) is 3.04. The summed E-state index contributed by atoms with van der Waals surface area (Å²) in [6.45, 7) is 3.71. The molecule has 0 saturated carbocycles. The maximum Gasteiger partial charge on any atom is 0.237 e. The number of carbonyl (C=O) groups is 1. The van der Waals surface area contributed by atoms with Gasteiger partial charge in [0, 0.05) is 11.1 Å². The van der Waals surface area contributed by atoms with E-state index in [-0.39, 0.29) is 11.2 Å². The Kier molecular flexibility index (Phi) is 4.30. The van der Waals surface area contributed by atoms with E-state index in [1.54, 1.807) is 4.52 Å². The number of carbonyl (C=O) groups excluding carboxylic acids is 1. The van der Waals surface area contributed by atoms with E-state index in [0.717, 1.165) is 22.2 Å². The number of fused-ring (bicyclic) bond motifs is 3. The molecule has 7 heteroatoms. The largest absolute Gasteiger partial charge is 0.325 e. The number of nitrogens with one attached hydrogen (secondary N) is 1. The van der Waals surface area contributed by atoms with E-state index >= 15 is 0 Å². The van der Waals surface area contributed by atoms with Gasteiger partial charge < -0.3 is 5.32 Å². The van der Waals surface area contributed by atoms with Crippen molar-refractivity contribution in [3.8, 4) is 0 Å². The van der Waals surface area contributed by atoms with Crippen molar-refractivity contribution in [2.24, 2.45) is 0 Å². The molecule has 0 radical (unpaired) electrons. The second kappa shape index (κ2) is 6.76. The van der Waals surface area contributed by atoms with E-state index < -0.39 is 0 Å². The summed E-state index contributed by atoms with van der Waals surface area (Å²) in [7, 11) is 0. The summed E-state index contributed by atoms with van der Waals surface area (Å²) >= 11 is 1.37. The highest BCUT2D eigenvalue weighted by Gasteiger charge is 2.19. The van der Waals surface area contributed by atoms with Crippen molar-refractivity contribution in [2.45, 2.75) is 24.3 Å². The zero-order valence-corrected chi connectivity index (χ0v) is 15.2. The number of anilines is 1. The van der Waals surface area contributed by atoms with Gasteiger partial charge in [0.05, 0.1) is 10.8 Å². The topological polar surface area (TPSA) is 72.2 Å². The number of benzene rings is 2. The molecule has 0 aliphatic heterocycles. The van der Waals surface area contributed by atoms with Crippen LogP contribution in [0.1, 0.15) is 12.7 Å². The first-order valence-corrected chi connectivity index (χ1v) is 9.14. The van der Waals surface area contributed by atoms with Crippen LogP contribution in [0.25, 0.3) is 16.6 Å². The van der Waals surface area contributed by atoms with E-state index in [9.17, 15) is 4.79 Å². The molecule has 1 unspecified atom stereocenters. The summed E-state index contributed by atoms with van der Waals surface area (Å²) < 4.78 is 1.72. The molecular formula is C19H17N5OS. The standard InChI is InChI=1S/C19H17N5OS/c1-12(18(25)21-14-8-4-3-5-9-14)26-19-22-16-11-7-6-10-15(16)17-20-13(2)23-24(17)19/h3-12H,1-2H3,(H,21,25). The second-order valence-corrected chi connectivity index (χ2v) is 7.23. The molecule has 2 aromatic carbocycles. The van der Waals surface area contributed by atoms with Gasteiger partial charge in [-0.3, -0.25) is 4.79 Å². The Morgan fingerprint density at radius 1 is 1.08 bits per heavy atom. The molecule has 6 nitrogen and oxygen atoms in total. The SMILES string of the molecule is Cc1nc2c3ccccc3nc(SC(C)C(=O)Nc3ccccc3)n2n1. The predicted molar refractivity (Wildman–Crippen MR) is 103 cm³/mol. The second-order valence-electron chi connectivity index (χ2n) is 5.92. The molecule has 4 rings (SSSR count). The van der Waals surface area contributed by atoms with Gasteiger partial charge in [0.15, 0.2) is 10.8 Å². The molecule has 26 heavy (non-hydrogen) atoms. The summed E-state index contributed by atoms with van der Waals surface area (Å²) in [4.78, 5) is 21.7. The molecule has 0 bridgehead atoms. The first-order valence-electron chi connectivity index (χ1n) is 8.26. The summed E-state index contributed by atoms with van der Waals surface area (Å²) in [5.74, 6) is 0.590. The third kappa shape index (κ3) is 3.13. The Morgan fingerprint density at radius 3 is 2.62 bits per heavy atom. The Morgan fingerprint density at radius 2 is 1.81 bits per heavy atom. The zero-order valence-electron chi connectivity index (χ0n) is 14.4. The maximum absolute atomic E-state index is 12.5. The summed E-state index contributed by atoms with van der Waals surface area (Å²) in [6.07, 6.45) is 0. The zero-order chi connectivity index (χ0) is 18.1. The van der Waals surface area contributed by atoms with E-state index in [1.165, 1.54) is 11.8 Å². The fourth-order valence-corrected chi connectivity index (χ4v) is 3.55. The number of hydrogen-bond acceptors (Lipinski definition) is 5. The molecule has 1 N–H and O–H groups in total. The quantitative estimate of drug-likeness (QED) is 0.442.